The zero-order chi connectivity index (χ0) is 10.6. The highest BCUT2D eigenvalue weighted by Crippen LogP contribution is 2.20. The SMILES string of the molecule is CC(N)(CO)CSc1ccc(Br)cn1. The molecule has 14 heavy (non-hydrogen) atoms. The summed E-state index contributed by atoms with van der Waals surface area (Å²) in [5.74, 6) is 0.651. The molecule has 0 saturated heterocycles. The third-order valence-corrected chi connectivity index (χ3v) is 3.42. The van der Waals surface area contributed by atoms with Gasteiger partial charge >= 0.3 is 0 Å². The molecule has 5 heteroatoms. The molecule has 0 amide bonds. The van der Waals surface area contributed by atoms with E-state index in [1.54, 1.807) is 18.0 Å². The summed E-state index contributed by atoms with van der Waals surface area (Å²) in [5.41, 5.74) is 5.24. The number of hydrogen-bond donors (Lipinski definition) is 2. The monoisotopic (exact) mass is 276 g/mol. The molecule has 0 saturated carbocycles. The lowest BCUT2D eigenvalue weighted by molar-refractivity contribution is 0.224. The minimum Gasteiger partial charge on any atom is -0.394 e. The number of halogens is 1. The average Bonchev–Trinajstić information content (AvgIpc) is 2.17. The summed E-state index contributed by atoms with van der Waals surface area (Å²) in [6.07, 6.45) is 1.75. The fraction of sp³-hybridized carbons (Fsp3) is 0.444. The van der Waals surface area contributed by atoms with Crippen molar-refractivity contribution in [2.24, 2.45) is 5.73 Å². The number of aromatic nitrogens is 1. The topological polar surface area (TPSA) is 59.1 Å². The van der Waals surface area contributed by atoms with Gasteiger partial charge in [0.05, 0.1) is 11.6 Å². The first-order valence-corrected chi connectivity index (χ1v) is 5.95. The smallest absolute Gasteiger partial charge is 0.0961 e. The Kier molecular flexibility index (Phi) is 4.37. The molecule has 0 spiro atoms. The first kappa shape index (κ1) is 12.0. The first-order chi connectivity index (χ1) is 6.53. The number of pyridine rings is 1. The minimum absolute atomic E-state index is 0.0173. The molecule has 0 aromatic carbocycles. The van der Waals surface area contributed by atoms with E-state index in [2.05, 4.69) is 20.9 Å². The van der Waals surface area contributed by atoms with E-state index < -0.39 is 5.54 Å². The molecule has 0 bridgehead atoms. The van der Waals surface area contributed by atoms with Gasteiger partial charge in [0.1, 0.15) is 0 Å². The van der Waals surface area contributed by atoms with E-state index in [1.807, 2.05) is 19.1 Å². The molecule has 1 rings (SSSR count). The van der Waals surface area contributed by atoms with Crippen molar-refractivity contribution in [3.05, 3.63) is 22.8 Å². The number of rotatable bonds is 4. The zero-order valence-corrected chi connectivity index (χ0v) is 10.3. The molecular formula is C9H13BrN2OS. The van der Waals surface area contributed by atoms with Crippen molar-refractivity contribution in [3.8, 4) is 0 Å². The molecule has 78 valence electrons. The fourth-order valence-electron chi connectivity index (χ4n) is 0.732. The third-order valence-electron chi connectivity index (χ3n) is 1.61. The van der Waals surface area contributed by atoms with Crippen molar-refractivity contribution in [2.45, 2.75) is 17.5 Å². The molecule has 0 fully saturated rings. The van der Waals surface area contributed by atoms with Gasteiger partial charge in [-0.15, -0.1) is 11.8 Å². The van der Waals surface area contributed by atoms with Crippen molar-refractivity contribution in [1.82, 2.24) is 4.98 Å². The molecule has 0 aliphatic carbocycles. The van der Waals surface area contributed by atoms with Crippen molar-refractivity contribution >= 4 is 27.7 Å². The predicted octanol–water partition coefficient (Wildman–Crippen LogP) is 1.65. The standard InChI is InChI=1S/C9H13BrN2OS/c1-9(11,5-13)6-14-8-3-2-7(10)4-12-8/h2-4,13H,5-6,11H2,1H3. The van der Waals surface area contributed by atoms with Crippen molar-refractivity contribution in [3.63, 3.8) is 0 Å². The maximum atomic E-state index is 8.95. The van der Waals surface area contributed by atoms with Gasteiger partial charge < -0.3 is 10.8 Å². The number of thioether (sulfide) groups is 1. The number of nitrogens with two attached hydrogens (primary N) is 1. The zero-order valence-electron chi connectivity index (χ0n) is 7.90. The Balaban J connectivity index is 2.50. The molecule has 0 aliphatic heterocycles. The lowest BCUT2D eigenvalue weighted by Crippen LogP contribution is -2.42. The Morgan fingerprint density at radius 2 is 2.36 bits per heavy atom. The van der Waals surface area contributed by atoms with Gasteiger partial charge in [-0.25, -0.2) is 4.98 Å². The van der Waals surface area contributed by atoms with Crippen LogP contribution < -0.4 is 5.73 Å². The Hall–Kier alpha value is -0.100. The van der Waals surface area contributed by atoms with Crippen LogP contribution in [0.4, 0.5) is 0 Å². The molecule has 1 atom stereocenters. The number of nitrogens with zero attached hydrogens (tertiary/aromatic N) is 1. The highest BCUT2D eigenvalue weighted by molar-refractivity contribution is 9.10. The summed E-state index contributed by atoms with van der Waals surface area (Å²) in [5, 5.41) is 9.87. The Morgan fingerprint density at radius 3 is 2.86 bits per heavy atom. The average molecular weight is 277 g/mol. The second kappa shape index (κ2) is 5.11. The van der Waals surface area contributed by atoms with E-state index in [9.17, 15) is 0 Å². The van der Waals surface area contributed by atoms with Gasteiger partial charge in [-0.3, -0.25) is 0 Å². The Bertz CT molecular complexity index is 289. The summed E-state index contributed by atoms with van der Waals surface area (Å²) in [6, 6.07) is 3.85. The van der Waals surface area contributed by atoms with E-state index in [-0.39, 0.29) is 6.61 Å². The summed E-state index contributed by atoms with van der Waals surface area (Å²) < 4.78 is 0.958. The van der Waals surface area contributed by atoms with E-state index >= 15 is 0 Å². The number of hydrogen-bond acceptors (Lipinski definition) is 4. The maximum absolute atomic E-state index is 8.95. The van der Waals surface area contributed by atoms with Crippen molar-refractivity contribution in [1.29, 1.82) is 0 Å². The van der Waals surface area contributed by atoms with Gasteiger partial charge in [-0.1, -0.05) is 0 Å². The van der Waals surface area contributed by atoms with Gasteiger partial charge in [0.25, 0.3) is 0 Å². The van der Waals surface area contributed by atoms with Gasteiger partial charge in [-0.2, -0.15) is 0 Å². The first-order valence-electron chi connectivity index (χ1n) is 4.17. The molecule has 3 nitrogen and oxygen atoms in total. The van der Waals surface area contributed by atoms with Crippen molar-refractivity contribution in [2.75, 3.05) is 12.4 Å². The Labute approximate surface area is 96.2 Å². The van der Waals surface area contributed by atoms with Crippen LogP contribution in [0.15, 0.2) is 27.8 Å². The van der Waals surface area contributed by atoms with Crippen LogP contribution in [0.3, 0.4) is 0 Å². The van der Waals surface area contributed by atoms with Crippen molar-refractivity contribution < 1.29 is 5.11 Å². The van der Waals surface area contributed by atoms with E-state index in [0.717, 1.165) is 9.50 Å². The molecular weight excluding hydrogens is 264 g/mol. The van der Waals surface area contributed by atoms with Crippen LogP contribution in [0.5, 0.6) is 0 Å². The van der Waals surface area contributed by atoms with Crippen LogP contribution in [0.1, 0.15) is 6.92 Å². The van der Waals surface area contributed by atoms with Gasteiger partial charge in [0.15, 0.2) is 0 Å². The second-order valence-corrected chi connectivity index (χ2v) is 5.33. The summed E-state index contributed by atoms with van der Waals surface area (Å²) >= 11 is 4.86. The van der Waals surface area contributed by atoms with E-state index in [1.165, 1.54) is 0 Å². The highest BCUT2D eigenvalue weighted by atomic mass is 79.9. The highest BCUT2D eigenvalue weighted by Gasteiger charge is 2.17. The van der Waals surface area contributed by atoms with Crippen LogP contribution >= 0.6 is 27.7 Å². The minimum atomic E-state index is -0.542. The lowest BCUT2D eigenvalue weighted by Gasteiger charge is -2.20. The Morgan fingerprint density at radius 1 is 1.64 bits per heavy atom. The molecule has 1 aromatic rings. The largest absolute Gasteiger partial charge is 0.394 e. The van der Waals surface area contributed by atoms with E-state index in [4.69, 9.17) is 10.8 Å². The fourth-order valence-corrected chi connectivity index (χ4v) is 1.83. The van der Waals surface area contributed by atoms with Gasteiger partial charge in [-0.05, 0) is 35.0 Å². The molecule has 1 heterocycles. The van der Waals surface area contributed by atoms with Crippen LogP contribution in [-0.4, -0.2) is 28.0 Å². The molecule has 1 unspecified atom stereocenters. The quantitative estimate of drug-likeness (QED) is 0.821. The molecule has 0 aliphatic rings. The summed E-state index contributed by atoms with van der Waals surface area (Å²) in [6.45, 7) is 1.80. The van der Waals surface area contributed by atoms with Crippen LogP contribution in [0, 0.1) is 0 Å². The lowest BCUT2D eigenvalue weighted by atomic mass is 10.1. The third kappa shape index (κ3) is 3.96. The predicted molar refractivity (Wildman–Crippen MR) is 62.3 cm³/mol. The normalized spacial score (nSPS) is 15.1. The number of aliphatic hydroxyl groups is 1. The molecule has 1 aromatic heterocycles. The summed E-state index contributed by atoms with van der Waals surface area (Å²) in [7, 11) is 0. The van der Waals surface area contributed by atoms with Gasteiger partial charge in [0.2, 0.25) is 0 Å². The number of aliphatic hydroxyl groups excluding tert-OH is 1. The van der Waals surface area contributed by atoms with Crippen LogP contribution in [0.25, 0.3) is 0 Å². The second-order valence-electron chi connectivity index (χ2n) is 3.42. The van der Waals surface area contributed by atoms with Crippen LogP contribution in [0.2, 0.25) is 0 Å². The molecule has 0 radical (unpaired) electrons. The summed E-state index contributed by atoms with van der Waals surface area (Å²) in [4.78, 5) is 4.19. The maximum Gasteiger partial charge on any atom is 0.0961 e. The van der Waals surface area contributed by atoms with Crippen LogP contribution in [-0.2, 0) is 0 Å². The molecule has 3 N–H and O–H groups in total. The van der Waals surface area contributed by atoms with Gasteiger partial charge in [0, 0.05) is 22.0 Å². The van der Waals surface area contributed by atoms with E-state index in [0.29, 0.717) is 5.75 Å².